The number of rotatable bonds is 3. The second-order valence-electron chi connectivity index (χ2n) is 4.92. The quantitative estimate of drug-likeness (QED) is 0.763. The summed E-state index contributed by atoms with van der Waals surface area (Å²) >= 11 is 0. The van der Waals surface area contributed by atoms with E-state index >= 15 is 0 Å². The molecule has 0 radical (unpaired) electrons. The number of H-pyrrole nitrogens is 1. The molecule has 0 spiro atoms. The Kier molecular flexibility index (Phi) is 4.39. The number of aryl methyl sites for hydroxylation is 1. The Hall–Kier alpha value is -1.89. The minimum atomic E-state index is -0.199. The Labute approximate surface area is 117 Å². The molecule has 1 aliphatic heterocycles. The first-order valence-electron chi connectivity index (χ1n) is 6.74. The van der Waals surface area contributed by atoms with Crippen molar-refractivity contribution < 1.29 is 9.90 Å². The summed E-state index contributed by atoms with van der Waals surface area (Å²) in [5.41, 5.74) is 0.973. The Morgan fingerprint density at radius 2 is 2.00 bits per heavy atom. The van der Waals surface area contributed by atoms with Crippen LogP contribution < -0.4 is 10.5 Å². The van der Waals surface area contributed by atoms with E-state index in [0.717, 1.165) is 0 Å². The lowest BCUT2D eigenvalue weighted by atomic mass is 10.2. The highest BCUT2D eigenvalue weighted by Gasteiger charge is 2.21. The first-order valence-corrected chi connectivity index (χ1v) is 6.74. The zero-order chi connectivity index (χ0) is 14.7. The Bertz CT molecular complexity index is 547. The molecule has 110 valence electrons. The van der Waals surface area contributed by atoms with Crippen molar-refractivity contribution in [2.45, 2.75) is 20.3 Å². The van der Waals surface area contributed by atoms with E-state index in [9.17, 15) is 9.59 Å². The van der Waals surface area contributed by atoms with Crippen molar-refractivity contribution in [1.82, 2.24) is 14.9 Å². The molecular formula is C13H20N4O3. The van der Waals surface area contributed by atoms with Gasteiger partial charge in [0.1, 0.15) is 0 Å². The van der Waals surface area contributed by atoms with Gasteiger partial charge in [0.2, 0.25) is 11.9 Å². The maximum atomic E-state index is 12.0. The number of hydrogen-bond acceptors (Lipinski definition) is 5. The molecule has 2 heterocycles. The van der Waals surface area contributed by atoms with Gasteiger partial charge < -0.3 is 14.9 Å². The van der Waals surface area contributed by atoms with Gasteiger partial charge in [-0.05, 0) is 6.92 Å². The van der Waals surface area contributed by atoms with Gasteiger partial charge in [0.25, 0.3) is 5.56 Å². The standard InChI is InChI=1S/C13H20N4O3/c1-9-11(3-8-18)12(20)15-13(14-9)17-6-4-16(5-7-17)10(2)19/h18H,3-8H2,1-2H3,(H,14,15,20). The molecule has 0 saturated carbocycles. The molecule has 7 heteroatoms. The van der Waals surface area contributed by atoms with Gasteiger partial charge in [-0.2, -0.15) is 0 Å². The summed E-state index contributed by atoms with van der Waals surface area (Å²) in [5.74, 6) is 0.609. The average Bonchev–Trinajstić information content (AvgIpc) is 2.42. The summed E-state index contributed by atoms with van der Waals surface area (Å²) in [5, 5.41) is 8.94. The van der Waals surface area contributed by atoms with Crippen molar-refractivity contribution in [2.24, 2.45) is 0 Å². The van der Waals surface area contributed by atoms with E-state index in [1.54, 1.807) is 18.7 Å². The highest BCUT2D eigenvalue weighted by Crippen LogP contribution is 2.11. The third-order valence-electron chi connectivity index (χ3n) is 3.60. The Balaban J connectivity index is 2.15. The summed E-state index contributed by atoms with van der Waals surface area (Å²) in [6, 6.07) is 0. The number of carbonyl (C=O) groups is 1. The molecule has 20 heavy (non-hydrogen) atoms. The van der Waals surface area contributed by atoms with Crippen LogP contribution >= 0.6 is 0 Å². The minimum Gasteiger partial charge on any atom is -0.396 e. The lowest BCUT2D eigenvalue weighted by Crippen LogP contribution is -2.49. The molecule has 0 aliphatic carbocycles. The molecule has 0 aromatic carbocycles. The van der Waals surface area contributed by atoms with Gasteiger partial charge in [0.15, 0.2) is 0 Å². The van der Waals surface area contributed by atoms with Crippen molar-refractivity contribution in [1.29, 1.82) is 0 Å². The van der Waals surface area contributed by atoms with Crippen LogP contribution in [0.2, 0.25) is 0 Å². The van der Waals surface area contributed by atoms with Crippen LogP contribution in [0.1, 0.15) is 18.2 Å². The van der Waals surface area contributed by atoms with Crippen molar-refractivity contribution in [3.05, 3.63) is 21.6 Å². The predicted molar refractivity (Wildman–Crippen MR) is 74.9 cm³/mol. The van der Waals surface area contributed by atoms with E-state index in [4.69, 9.17) is 5.11 Å². The van der Waals surface area contributed by atoms with Crippen molar-refractivity contribution in [2.75, 3.05) is 37.7 Å². The number of amides is 1. The largest absolute Gasteiger partial charge is 0.396 e. The van der Waals surface area contributed by atoms with Crippen LogP contribution in [0.5, 0.6) is 0 Å². The highest BCUT2D eigenvalue weighted by atomic mass is 16.3. The molecule has 1 saturated heterocycles. The van der Waals surface area contributed by atoms with E-state index in [1.807, 2.05) is 4.90 Å². The fourth-order valence-corrected chi connectivity index (χ4v) is 2.38. The van der Waals surface area contributed by atoms with Crippen LogP contribution in [0.3, 0.4) is 0 Å². The van der Waals surface area contributed by atoms with Gasteiger partial charge in [0, 0.05) is 51.7 Å². The predicted octanol–water partition coefficient (Wildman–Crippen LogP) is -0.718. The number of hydrogen-bond donors (Lipinski definition) is 2. The number of anilines is 1. The van der Waals surface area contributed by atoms with E-state index in [2.05, 4.69) is 9.97 Å². The highest BCUT2D eigenvalue weighted by molar-refractivity contribution is 5.73. The smallest absolute Gasteiger partial charge is 0.255 e. The van der Waals surface area contributed by atoms with Gasteiger partial charge in [0.05, 0.1) is 5.69 Å². The summed E-state index contributed by atoms with van der Waals surface area (Å²) in [4.78, 5) is 34.2. The van der Waals surface area contributed by atoms with E-state index < -0.39 is 0 Å². The summed E-state index contributed by atoms with van der Waals surface area (Å²) in [6.45, 7) is 5.84. The third-order valence-corrected chi connectivity index (χ3v) is 3.60. The topological polar surface area (TPSA) is 89.5 Å². The summed E-state index contributed by atoms with van der Waals surface area (Å²) < 4.78 is 0. The van der Waals surface area contributed by atoms with Crippen LogP contribution in [0, 0.1) is 6.92 Å². The zero-order valence-corrected chi connectivity index (χ0v) is 11.8. The molecule has 1 aromatic rings. The molecule has 0 bridgehead atoms. The lowest BCUT2D eigenvalue weighted by Gasteiger charge is -2.34. The number of nitrogens with one attached hydrogen (secondary N) is 1. The number of aromatic nitrogens is 2. The normalized spacial score (nSPS) is 15.6. The maximum absolute atomic E-state index is 12.0. The molecule has 7 nitrogen and oxygen atoms in total. The molecule has 1 fully saturated rings. The van der Waals surface area contributed by atoms with Gasteiger partial charge >= 0.3 is 0 Å². The summed E-state index contributed by atoms with van der Waals surface area (Å²) in [7, 11) is 0. The van der Waals surface area contributed by atoms with Gasteiger partial charge in [-0.3, -0.25) is 14.6 Å². The fraction of sp³-hybridized carbons (Fsp3) is 0.615. The minimum absolute atomic E-state index is 0.0672. The van der Waals surface area contributed by atoms with Crippen molar-refractivity contribution in [3.63, 3.8) is 0 Å². The molecule has 1 aromatic heterocycles. The molecule has 1 aliphatic rings. The van der Waals surface area contributed by atoms with Gasteiger partial charge in [-0.25, -0.2) is 4.98 Å². The fourth-order valence-electron chi connectivity index (χ4n) is 2.38. The molecule has 1 amide bonds. The lowest BCUT2D eigenvalue weighted by molar-refractivity contribution is -0.129. The molecule has 2 rings (SSSR count). The van der Waals surface area contributed by atoms with Crippen LogP contribution in [0.25, 0.3) is 0 Å². The van der Waals surface area contributed by atoms with Gasteiger partial charge in [-0.15, -0.1) is 0 Å². The molecule has 0 atom stereocenters. The Morgan fingerprint density at radius 3 is 2.50 bits per heavy atom. The van der Waals surface area contributed by atoms with Crippen molar-refractivity contribution >= 4 is 11.9 Å². The number of piperazine rings is 1. The monoisotopic (exact) mass is 280 g/mol. The number of nitrogens with zero attached hydrogens (tertiary/aromatic N) is 3. The van der Waals surface area contributed by atoms with Crippen LogP contribution in [-0.2, 0) is 11.2 Å². The van der Waals surface area contributed by atoms with E-state index in [1.165, 1.54) is 0 Å². The first kappa shape index (κ1) is 14.5. The van der Waals surface area contributed by atoms with Crippen LogP contribution in [0.15, 0.2) is 4.79 Å². The number of carbonyl (C=O) groups excluding carboxylic acids is 1. The molecular weight excluding hydrogens is 260 g/mol. The van der Waals surface area contributed by atoms with Crippen LogP contribution in [0.4, 0.5) is 5.95 Å². The Morgan fingerprint density at radius 1 is 1.35 bits per heavy atom. The molecule has 0 unspecified atom stereocenters. The van der Waals surface area contributed by atoms with Crippen LogP contribution in [-0.4, -0.2) is 58.7 Å². The summed E-state index contributed by atoms with van der Waals surface area (Å²) in [6.07, 6.45) is 0.312. The number of aliphatic hydroxyl groups excluding tert-OH is 1. The van der Waals surface area contributed by atoms with Gasteiger partial charge in [-0.1, -0.05) is 0 Å². The number of aromatic amines is 1. The SMILES string of the molecule is CC(=O)N1CCN(c2nc(C)c(CCO)c(=O)[nH]2)CC1. The average molecular weight is 280 g/mol. The zero-order valence-electron chi connectivity index (χ0n) is 11.8. The third kappa shape index (κ3) is 2.98. The number of aliphatic hydroxyl groups is 1. The van der Waals surface area contributed by atoms with E-state index in [-0.39, 0.29) is 18.1 Å². The second-order valence-corrected chi connectivity index (χ2v) is 4.92. The second kappa shape index (κ2) is 6.04. The first-order chi connectivity index (χ1) is 9.52. The molecule has 2 N–H and O–H groups in total. The van der Waals surface area contributed by atoms with E-state index in [0.29, 0.717) is 49.8 Å². The van der Waals surface area contributed by atoms with Crippen molar-refractivity contribution in [3.8, 4) is 0 Å². The maximum Gasteiger partial charge on any atom is 0.255 e.